The van der Waals surface area contributed by atoms with Gasteiger partial charge in [-0.05, 0) is 18.8 Å². The summed E-state index contributed by atoms with van der Waals surface area (Å²) in [6.07, 6.45) is -2.26. The molecule has 1 aliphatic carbocycles. The van der Waals surface area contributed by atoms with E-state index in [2.05, 4.69) is 4.98 Å². The maximum atomic E-state index is 12.1. The topological polar surface area (TPSA) is 33.1 Å². The van der Waals surface area contributed by atoms with Crippen molar-refractivity contribution < 1.29 is 18.3 Å². The van der Waals surface area contributed by atoms with Crippen molar-refractivity contribution in [3.63, 3.8) is 0 Å². The Labute approximate surface area is 82.4 Å². The van der Waals surface area contributed by atoms with Gasteiger partial charge in [-0.3, -0.25) is 0 Å². The molecule has 1 atom stereocenters. The quantitative estimate of drug-likeness (QED) is 0.836. The number of rotatable bonds is 2. The molecule has 0 saturated heterocycles. The largest absolute Gasteiger partial charge is 0.443 e. The molecule has 1 saturated carbocycles. The van der Waals surface area contributed by atoms with E-state index in [-0.39, 0.29) is 5.92 Å². The van der Waals surface area contributed by atoms with Gasteiger partial charge in [-0.25, -0.2) is 4.98 Å². The zero-order valence-electron chi connectivity index (χ0n) is 7.08. The van der Waals surface area contributed by atoms with Crippen LogP contribution in [0, 0.1) is 5.92 Å². The maximum absolute atomic E-state index is 12.1. The summed E-state index contributed by atoms with van der Waals surface area (Å²) in [4.78, 5) is 3.57. The monoisotopic (exact) mass is 223 g/mol. The second kappa shape index (κ2) is 3.20. The van der Waals surface area contributed by atoms with E-state index in [0.717, 1.165) is 19.0 Å². The lowest BCUT2D eigenvalue weighted by molar-refractivity contribution is -0.137. The number of hydrogen-bond acceptors (Lipinski definition) is 3. The molecule has 0 spiro atoms. The molecule has 2 nitrogen and oxygen atoms in total. The number of halogens is 3. The Morgan fingerprint density at radius 3 is 2.57 bits per heavy atom. The van der Waals surface area contributed by atoms with Crippen LogP contribution in [0.5, 0.6) is 0 Å². The summed E-state index contributed by atoms with van der Waals surface area (Å²) < 4.78 is 36.4. The van der Waals surface area contributed by atoms with Crippen molar-refractivity contribution in [1.82, 2.24) is 4.98 Å². The van der Waals surface area contributed by atoms with Crippen LogP contribution < -0.4 is 0 Å². The SMILES string of the molecule is OC(c1cnc(C(F)(F)F)s1)C1CC1. The number of aliphatic hydroxyl groups is 1. The molecule has 1 unspecified atom stereocenters. The average molecular weight is 223 g/mol. The zero-order chi connectivity index (χ0) is 10.3. The first-order chi connectivity index (χ1) is 6.48. The summed E-state index contributed by atoms with van der Waals surface area (Å²) in [5.41, 5.74) is 0. The molecule has 1 aromatic heterocycles. The summed E-state index contributed by atoms with van der Waals surface area (Å²) in [6.45, 7) is 0. The highest BCUT2D eigenvalue weighted by Gasteiger charge is 2.37. The minimum Gasteiger partial charge on any atom is -0.387 e. The lowest BCUT2D eigenvalue weighted by Crippen LogP contribution is -2.03. The van der Waals surface area contributed by atoms with Gasteiger partial charge in [-0.15, -0.1) is 11.3 Å². The standard InChI is InChI=1S/C8H8F3NOS/c9-8(10,11)7-12-3-5(14-7)6(13)4-1-2-4/h3-4,6,13H,1-2H2. The fourth-order valence-electron chi connectivity index (χ4n) is 1.20. The van der Waals surface area contributed by atoms with Gasteiger partial charge < -0.3 is 5.11 Å². The second-order valence-corrected chi connectivity index (χ2v) is 4.41. The number of thiazole rings is 1. The fraction of sp³-hybridized carbons (Fsp3) is 0.625. The van der Waals surface area contributed by atoms with Crippen molar-refractivity contribution in [3.05, 3.63) is 16.1 Å². The Morgan fingerprint density at radius 2 is 2.14 bits per heavy atom. The molecule has 78 valence electrons. The molecular formula is C8H8F3NOS. The third-order valence-electron chi connectivity index (χ3n) is 2.13. The summed E-state index contributed by atoms with van der Waals surface area (Å²) in [5.74, 6) is 0.136. The van der Waals surface area contributed by atoms with Gasteiger partial charge in [-0.2, -0.15) is 13.2 Å². The number of hydrogen-bond donors (Lipinski definition) is 1. The van der Waals surface area contributed by atoms with Gasteiger partial charge >= 0.3 is 6.18 Å². The predicted molar refractivity (Wildman–Crippen MR) is 44.8 cm³/mol. The number of alkyl halides is 3. The van der Waals surface area contributed by atoms with E-state index in [1.54, 1.807) is 0 Å². The molecule has 0 bridgehead atoms. The van der Waals surface area contributed by atoms with Crippen LogP contribution in [0.4, 0.5) is 13.2 Å². The van der Waals surface area contributed by atoms with E-state index in [4.69, 9.17) is 0 Å². The van der Waals surface area contributed by atoms with Crippen molar-refractivity contribution >= 4 is 11.3 Å². The van der Waals surface area contributed by atoms with Crippen molar-refractivity contribution in [2.45, 2.75) is 25.1 Å². The van der Waals surface area contributed by atoms with Gasteiger partial charge in [0.2, 0.25) is 0 Å². The van der Waals surface area contributed by atoms with Gasteiger partial charge in [0.25, 0.3) is 0 Å². The third-order valence-corrected chi connectivity index (χ3v) is 3.24. The van der Waals surface area contributed by atoms with E-state index in [0.29, 0.717) is 16.2 Å². The molecule has 6 heteroatoms. The lowest BCUT2D eigenvalue weighted by Gasteiger charge is -2.04. The summed E-state index contributed by atoms with van der Waals surface area (Å²) in [7, 11) is 0. The van der Waals surface area contributed by atoms with Crippen molar-refractivity contribution in [2.24, 2.45) is 5.92 Å². The Hall–Kier alpha value is -0.620. The fourth-order valence-corrected chi connectivity index (χ4v) is 2.06. The second-order valence-electron chi connectivity index (χ2n) is 3.35. The highest BCUT2D eigenvalue weighted by molar-refractivity contribution is 7.11. The first-order valence-corrected chi connectivity index (χ1v) is 5.01. The maximum Gasteiger partial charge on any atom is 0.443 e. The van der Waals surface area contributed by atoms with Crippen LogP contribution >= 0.6 is 11.3 Å². The number of aromatic nitrogens is 1. The molecule has 0 aliphatic heterocycles. The highest BCUT2D eigenvalue weighted by Crippen LogP contribution is 2.43. The Bertz CT molecular complexity index is 332. The molecule has 0 radical (unpaired) electrons. The van der Waals surface area contributed by atoms with E-state index in [9.17, 15) is 18.3 Å². The highest BCUT2D eigenvalue weighted by atomic mass is 32.1. The molecular weight excluding hydrogens is 215 g/mol. The van der Waals surface area contributed by atoms with E-state index >= 15 is 0 Å². The van der Waals surface area contributed by atoms with E-state index in [1.165, 1.54) is 0 Å². The van der Waals surface area contributed by atoms with Crippen LogP contribution in [-0.2, 0) is 6.18 Å². The Morgan fingerprint density at radius 1 is 1.50 bits per heavy atom. The molecule has 1 aromatic rings. The first kappa shape index (κ1) is 9.92. The average Bonchev–Trinajstić information content (AvgIpc) is 2.79. The molecule has 1 aliphatic rings. The molecule has 1 N–H and O–H groups in total. The van der Waals surface area contributed by atoms with Gasteiger partial charge in [0.05, 0.1) is 11.0 Å². The first-order valence-electron chi connectivity index (χ1n) is 4.19. The number of nitrogens with zero attached hydrogens (tertiary/aromatic N) is 1. The Balaban J connectivity index is 2.16. The minimum absolute atomic E-state index is 0.136. The molecule has 2 rings (SSSR count). The summed E-state index contributed by atoms with van der Waals surface area (Å²) >= 11 is 0.530. The van der Waals surface area contributed by atoms with Crippen molar-refractivity contribution in [1.29, 1.82) is 0 Å². The normalized spacial score (nSPS) is 19.7. The summed E-state index contributed by atoms with van der Waals surface area (Å²) in [5, 5.41) is 8.66. The Kier molecular flexibility index (Phi) is 2.27. The van der Waals surface area contributed by atoms with Crippen LogP contribution in [-0.4, -0.2) is 10.1 Å². The third kappa shape index (κ3) is 1.90. The number of aliphatic hydroxyl groups excluding tert-OH is 1. The molecule has 0 aromatic carbocycles. The molecule has 0 amide bonds. The molecule has 14 heavy (non-hydrogen) atoms. The van der Waals surface area contributed by atoms with Crippen LogP contribution in [0.25, 0.3) is 0 Å². The van der Waals surface area contributed by atoms with E-state index in [1.807, 2.05) is 0 Å². The minimum atomic E-state index is -4.40. The van der Waals surface area contributed by atoms with Gasteiger partial charge in [-0.1, -0.05) is 0 Å². The summed E-state index contributed by atoms with van der Waals surface area (Å²) in [6, 6.07) is 0. The van der Waals surface area contributed by atoms with Gasteiger partial charge in [0.1, 0.15) is 0 Å². The van der Waals surface area contributed by atoms with Crippen molar-refractivity contribution in [2.75, 3.05) is 0 Å². The van der Waals surface area contributed by atoms with E-state index < -0.39 is 17.3 Å². The van der Waals surface area contributed by atoms with Gasteiger partial charge in [0, 0.05) is 6.20 Å². The van der Waals surface area contributed by atoms with Crippen LogP contribution in [0.1, 0.15) is 28.8 Å². The van der Waals surface area contributed by atoms with Crippen LogP contribution in [0.3, 0.4) is 0 Å². The van der Waals surface area contributed by atoms with Crippen LogP contribution in [0.2, 0.25) is 0 Å². The van der Waals surface area contributed by atoms with Crippen molar-refractivity contribution in [3.8, 4) is 0 Å². The smallest absolute Gasteiger partial charge is 0.387 e. The molecule has 1 fully saturated rings. The molecule has 1 heterocycles. The zero-order valence-corrected chi connectivity index (χ0v) is 7.90. The predicted octanol–water partition coefficient (Wildman–Crippen LogP) is 2.61. The van der Waals surface area contributed by atoms with Gasteiger partial charge in [0.15, 0.2) is 5.01 Å². The van der Waals surface area contributed by atoms with Crippen LogP contribution in [0.15, 0.2) is 6.20 Å². The lowest BCUT2D eigenvalue weighted by atomic mass is 10.2.